The maximum absolute atomic E-state index is 11.9. The summed E-state index contributed by atoms with van der Waals surface area (Å²) < 4.78 is 36.5. The van der Waals surface area contributed by atoms with Gasteiger partial charge in [0.1, 0.15) is 24.7 Å². The summed E-state index contributed by atoms with van der Waals surface area (Å²) in [4.78, 5) is 47.6. The van der Waals surface area contributed by atoms with E-state index in [1.165, 1.54) is 48.5 Å². The fraction of sp³-hybridized carbons (Fsp3) is 0.200. The largest absolute Gasteiger partial charge is 0.490 e. The predicted octanol–water partition coefficient (Wildman–Crippen LogP) is 8.65. The molecule has 0 amide bonds. The first-order chi connectivity index (χ1) is 31.1. The van der Waals surface area contributed by atoms with Gasteiger partial charge < -0.3 is 48.8 Å². The highest BCUT2D eigenvalue weighted by Gasteiger charge is 2.24. The monoisotopic (exact) mass is 868 g/mol. The first-order valence-electron chi connectivity index (χ1n) is 20.4. The Morgan fingerprint density at radius 2 is 0.531 bits per heavy atom. The van der Waals surface area contributed by atoms with Crippen LogP contribution in [0.25, 0.3) is 55.6 Å². The molecule has 0 saturated heterocycles. The van der Waals surface area contributed by atoms with Gasteiger partial charge in [0.25, 0.3) is 0 Å². The minimum Gasteiger partial charge on any atom is -0.490 e. The molecule has 1 aliphatic heterocycles. The lowest BCUT2D eigenvalue weighted by molar-refractivity contribution is -0.00702. The van der Waals surface area contributed by atoms with Gasteiger partial charge in [0, 0.05) is 22.3 Å². The van der Waals surface area contributed by atoms with Crippen LogP contribution in [0.15, 0.2) is 121 Å². The smallest absolute Gasteiger partial charge is 0.335 e. The molecular formula is C50H44O14. The lowest BCUT2D eigenvalue weighted by atomic mass is 9.87. The van der Waals surface area contributed by atoms with Gasteiger partial charge in [-0.2, -0.15) is 0 Å². The highest BCUT2D eigenvalue weighted by Crippen LogP contribution is 2.50. The van der Waals surface area contributed by atoms with Gasteiger partial charge in [-0.05, 0) is 106 Å². The average molecular weight is 869 g/mol. The molecule has 0 fully saturated rings. The van der Waals surface area contributed by atoms with Gasteiger partial charge >= 0.3 is 23.9 Å². The number of fused-ring (bicyclic) bond motifs is 3. The Kier molecular flexibility index (Phi) is 14.8. The number of carboxylic acids is 4. The van der Waals surface area contributed by atoms with Gasteiger partial charge in [0.2, 0.25) is 0 Å². The molecule has 328 valence electrons. The normalized spacial score (nSPS) is 14.1. The van der Waals surface area contributed by atoms with Gasteiger partial charge in [-0.25, -0.2) is 19.2 Å². The molecule has 4 N–H and O–H groups in total. The predicted molar refractivity (Wildman–Crippen MR) is 236 cm³/mol. The van der Waals surface area contributed by atoms with Crippen molar-refractivity contribution in [1.29, 1.82) is 0 Å². The van der Waals surface area contributed by atoms with Crippen LogP contribution >= 0.6 is 0 Å². The number of hydrogen-bond donors (Lipinski definition) is 4. The Bertz CT molecular complexity index is 2420. The molecule has 1 heterocycles. The highest BCUT2D eigenvalue weighted by atomic mass is 16.6. The van der Waals surface area contributed by atoms with Crippen molar-refractivity contribution >= 4 is 23.9 Å². The summed E-state index contributed by atoms with van der Waals surface area (Å²) >= 11 is 0. The molecule has 6 aromatic rings. The first kappa shape index (κ1) is 44.7. The summed E-state index contributed by atoms with van der Waals surface area (Å²) in [5, 5.41) is 39.0. The van der Waals surface area contributed by atoms with Crippen molar-refractivity contribution in [3.05, 3.63) is 144 Å². The van der Waals surface area contributed by atoms with Crippen molar-refractivity contribution in [2.24, 2.45) is 0 Å². The Hall–Kier alpha value is -7.36. The van der Waals surface area contributed by atoms with Crippen LogP contribution < -0.4 is 9.47 Å². The lowest BCUT2D eigenvalue weighted by Crippen LogP contribution is -2.15. The minimum atomic E-state index is -1.10. The van der Waals surface area contributed by atoms with E-state index in [0.717, 1.165) is 0 Å². The Balaban J connectivity index is 1.53. The molecule has 14 nitrogen and oxygen atoms in total. The van der Waals surface area contributed by atoms with E-state index in [-0.39, 0.29) is 48.7 Å². The minimum absolute atomic E-state index is 0.0757. The molecule has 6 aromatic carbocycles. The summed E-state index contributed by atoms with van der Waals surface area (Å²) in [6.45, 7) is 2.50. The Morgan fingerprint density at radius 3 is 0.797 bits per heavy atom. The number of carbonyl (C=O) groups is 4. The van der Waals surface area contributed by atoms with Crippen LogP contribution in [0.5, 0.6) is 11.5 Å². The molecule has 0 spiro atoms. The third-order valence-electron chi connectivity index (χ3n) is 10.3. The third kappa shape index (κ3) is 11.0. The number of benzene rings is 6. The van der Waals surface area contributed by atoms with E-state index >= 15 is 0 Å². The standard InChI is InChI=1S/C50H44O14/c51-47(52)35-9-1-31(2-10-35)39-27-41(33-5-13-37(14-6-33)49(55)56)45-43(29-39)44-30-40(32-3-11-36(12-4-32)48(53)54)28-42(34-7-15-38(16-8-34)50(57)58)46(44)64-26-24-62-22-20-60-18-17-59-19-21-61-23-25-63-45/h1-16,27-30H,17-26H2,(H,51,52)(H,53,54)(H,55,56)(H,57,58). The number of carboxylic acid groups (broad SMARTS) is 4. The van der Waals surface area contributed by atoms with Crippen molar-refractivity contribution in [2.45, 2.75) is 0 Å². The van der Waals surface area contributed by atoms with Crippen LogP contribution in [-0.2, 0) is 18.9 Å². The SMILES string of the molecule is O=C(O)c1ccc(-c2cc(-c3ccc(C(=O)O)cc3)c3c(c2)-c2cc(-c4ccc(C(=O)O)cc4)cc(-c4ccc(C(=O)O)cc4)c2OCCOCCOCCOCCOCCO3)cc1. The number of hydrogen-bond acceptors (Lipinski definition) is 10. The van der Waals surface area contributed by atoms with Gasteiger partial charge in [-0.3, -0.25) is 0 Å². The van der Waals surface area contributed by atoms with Gasteiger partial charge in [-0.15, -0.1) is 0 Å². The molecule has 14 heteroatoms. The molecule has 0 aliphatic carbocycles. The number of aromatic carboxylic acids is 4. The zero-order chi connectivity index (χ0) is 45.0. The van der Waals surface area contributed by atoms with E-state index in [4.69, 9.17) is 28.4 Å². The molecule has 0 saturated carbocycles. The van der Waals surface area contributed by atoms with Crippen LogP contribution in [0, 0.1) is 0 Å². The van der Waals surface area contributed by atoms with E-state index in [1.54, 1.807) is 48.5 Å². The second-order valence-corrected chi connectivity index (χ2v) is 14.5. The van der Waals surface area contributed by atoms with Gasteiger partial charge in [0.05, 0.1) is 75.1 Å². The summed E-state index contributed by atoms with van der Waals surface area (Å²) in [5.41, 5.74) is 6.34. The molecule has 1 aliphatic rings. The Labute approximate surface area is 367 Å². The maximum atomic E-state index is 11.9. The lowest BCUT2D eigenvalue weighted by Gasteiger charge is -2.23. The molecule has 0 unspecified atom stereocenters. The van der Waals surface area contributed by atoms with Crippen molar-refractivity contribution < 1.29 is 68.0 Å². The third-order valence-corrected chi connectivity index (χ3v) is 10.3. The number of ether oxygens (including phenoxy) is 6. The van der Waals surface area contributed by atoms with E-state index in [1.807, 2.05) is 24.3 Å². The van der Waals surface area contributed by atoms with Gasteiger partial charge in [-0.1, -0.05) is 48.5 Å². The second-order valence-electron chi connectivity index (χ2n) is 14.5. The molecular weight excluding hydrogens is 825 g/mol. The van der Waals surface area contributed by atoms with Crippen LogP contribution in [-0.4, -0.2) is 110 Å². The molecule has 0 atom stereocenters. The van der Waals surface area contributed by atoms with Crippen molar-refractivity contribution in [3.63, 3.8) is 0 Å². The van der Waals surface area contributed by atoms with Crippen LogP contribution in [0.4, 0.5) is 0 Å². The second kappa shape index (κ2) is 21.1. The molecule has 0 bridgehead atoms. The number of rotatable bonds is 8. The average Bonchev–Trinajstić information content (AvgIpc) is 3.31. The summed E-state index contributed by atoms with van der Waals surface area (Å²) in [6.07, 6.45) is 0. The summed E-state index contributed by atoms with van der Waals surface area (Å²) in [6, 6.07) is 33.0. The summed E-state index contributed by atoms with van der Waals surface area (Å²) in [7, 11) is 0. The van der Waals surface area contributed by atoms with Crippen molar-refractivity contribution in [3.8, 4) is 67.1 Å². The molecule has 0 radical (unpaired) electrons. The quantitative estimate of drug-likeness (QED) is 0.113. The van der Waals surface area contributed by atoms with E-state index in [0.29, 0.717) is 107 Å². The fourth-order valence-corrected chi connectivity index (χ4v) is 7.09. The van der Waals surface area contributed by atoms with Crippen molar-refractivity contribution in [2.75, 3.05) is 66.1 Å². The van der Waals surface area contributed by atoms with Crippen LogP contribution in [0.2, 0.25) is 0 Å². The fourth-order valence-electron chi connectivity index (χ4n) is 7.09. The van der Waals surface area contributed by atoms with Gasteiger partial charge in [0.15, 0.2) is 0 Å². The molecule has 0 aromatic heterocycles. The first-order valence-corrected chi connectivity index (χ1v) is 20.4. The molecule has 64 heavy (non-hydrogen) atoms. The topological polar surface area (TPSA) is 205 Å². The zero-order valence-corrected chi connectivity index (χ0v) is 34.5. The van der Waals surface area contributed by atoms with Crippen molar-refractivity contribution in [1.82, 2.24) is 0 Å². The maximum Gasteiger partial charge on any atom is 0.335 e. The van der Waals surface area contributed by atoms with Crippen LogP contribution in [0.1, 0.15) is 41.4 Å². The van der Waals surface area contributed by atoms with E-state index in [9.17, 15) is 39.6 Å². The van der Waals surface area contributed by atoms with Crippen LogP contribution in [0.3, 0.4) is 0 Å². The Morgan fingerprint density at radius 1 is 0.297 bits per heavy atom. The molecule has 7 rings (SSSR count). The van der Waals surface area contributed by atoms with E-state index in [2.05, 4.69) is 0 Å². The highest BCUT2D eigenvalue weighted by molar-refractivity contribution is 5.97. The zero-order valence-electron chi connectivity index (χ0n) is 34.5. The van der Waals surface area contributed by atoms with E-state index < -0.39 is 23.9 Å². The summed E-state index contributed by atoms with van der Waals surface area (Å²) in [5.74, 6) is -3.61.